The molecule has 0 radical (unpaired) electrons. The van der Waals surface area contributed by atoms with Gasteiger partial charge in [-0.3, -0.25) is 4.90 Å². The molecule has 2 unspecified atom stereocenters. The van der Waals surface area contributed by atoms with Crippen LogP contribution in [0, 0.1) is 0 Å². The van der Waals surface area contributed by atoms with Gasteiger partial charge in [0.2, 0.25) is 0 Å². The third-order valence-electron chi connectivity index (χ3n) is 3.95. The number of nitrogens with zero attached hydrogens (tertiary/aromatic N) is 1. The van der Waals surface area contributed by atoms with Crippen molar-refractivity contribution in [3.63, 3.8) is 0 Å². The lowest BCUT2D eigenvalue weighted by molar-refractivity contribution is 0.162. The zero-order valence-electron chi connectivity index (χ0n) is 10.1. The fourth-order valence-corrected chi connectivity index (χ4v) is 3.10. The molecule has 2 nitrogen and oxygen atoms in total. The molecule has 2 aliphatic rings. The molecule has 2 heteroatoms. The summed E-state index contributed by atoms with van der Waals surface area (Å²) in [7, 11) is 0. The number of nitrogens with one attached hydrogen (secondary N) is 1. The van der Waals surface area contributed by atoms with E-state index in [4.69, 9.17) is 0 Å². The van der Waals surface area contributed by atoms with Crippen LogP contribution in [0.4, 0.5) is 0 Å². The van der Waals surface area contributed by atoms with Gasteiger partial charge in [0.1, 0.15) is 0 Å². The highest BCUT2D eigenvalue weighted by molar-refractivity contribution is 4.96. The Bertz CT molecular complexity index is 213. The molecule has 15 heavy (non-hydrogen) atoms. The van der Waals surface area contributed by atoms with Crippen molar-refractivity contribution >= 4 is 0 Å². The van der Waals surface area contributed by atoms with E-state index in [0.29, 0.717) is 0 Å². The van der Waals surface area contributed by atoms with Crippen molar-refractivity contribution in [3.05, 3.63) is 12.2 Å². The predicted molar refractivity (Wildman–Crippen MR) is 65.0 cm³/mol. The van der Waals surface area contributed by atoms with E-state index in [0.717, 1.165) is 24.7 Å². The van der Waals surface area contributed by atoms with E-state index in [2.05, 4.69) is 36.2 Å². The van der Waals surface area contributed by atoms with E-state index >= 15 is 0 Å². The van der Waals surface area contributed by atoms with Crippen LogP contribution in [-0.2, 0) is 0 Å². The minimum atomic E-state index is 0.813. The van der Waals surface area contributed by atoms with E-state index in [9.17, 15) is 0 Å². The van der Waals surface area contributed by atoms with Crippen LogP contribution in [-0.4, -0.2) is 36.1 Å². The van der Waals surface area contributed by atoms with Gasteiger partial charge in [0, 0.05) is 24.7 Å². The van der Waals surface area contributed by atoms with Gasteiger partial charge in [0.15, 0.2) is 0 Å². The summed E-state index contributed by atoms with van der Waals surface area (Å²) in [6, 6.07) is 2.45. The van der Waals surface area contributed by atoms with Crippen molar-refractivity contribution in [2.45, 2.75) is 57.7 Å². The molecule has 1 N–H and O–H groups in total. The quantitative estimate of drug-likeness (QED) is 0.712. The van der Waals surface area contributed by atoms with Crippen LogP contribution >= 0.6 is 0 Å². The highest BCUT2D eigenvalue weighted by Crippen LogP contribution is 2.29. The van der Waals surface area contributed by atoms with Crippen LogP contribution in [0.15, 0.2) is 12.2 Å². The fourth-order valence-electron chi connectivity index (χ4n) is 3.10. The maximum atomic E-state index is 3.71. The number of fused-ring (bicyclic) bond motifs is 2. The standard InChI is InChI=1S/C13H24N2/c1-3-5-8-15(4-2)13-9-11-6-7-12(10-13)14-11/h3,5,11-14H,4,6-10H2,1-2H3. The zero-order chi connectivity index (χ0) is 10.7. The molecule has 0 spiro atoms. The van der Waals surface area contributed by atoms with Gasteiger partial charge in [-0.25, -0.2) is 0 Å². The molecule has 0 aromatic carbocycles. The van der Waals surface area contributed by atoms with Crippen molar-refractivity contribution < 1.29 is 0 Å². The fraction of sp³-hybridized carbons (Fsp3) is 0.846. The molecule has 0 aliphatic carbocycles. The normalized spacial score (nSPS) is 35.5. The van der Waals surface area contributed by atoms with E-state index < -0.39 is 0 Å². The van der Waals surface area contributed by atoms with E-state index in [1.807, 2.05) is 0 Å². The van der Waals surface area contributed by atoms with Gasteiger partial charge in [-0.1, -0.05) is 19.1 Å². The topological polar surface area (TPSA) is 15.3 Å². The Hall–Kier alpha value is -0.340. The molecular formula is C13H24N2. The Morgan fingerprint density at radius 2 is 1.93 bits per heavy atom. The zero-order valence-corrected chi connectivity index (χ0v) is 10.1. The van der Waals surface area contributed by atoms with Crippen LogP contribution in [0.5, 0.6) is 0 Å². The monoisotopic (exact) mass is 208 g/mol. The maximum absolute atomic E-state index is 3.71. The number of rotatable bonds is 4. The smallest absolute Gasteiger partial charge is 0.0165 e. The molecule has 0 aromatic rings. The summed E-state index contributed by atoms with van der Waals surface area (Å²) >= 11 is 0. The van der Waals surface area contributed by atoms with Crippen LogP contribution in [0.1, 0.15) is 39.5 Å². The number of piperidine rings is 1. The van der Waals surface area contributed by atoms with Gasteiger partial charge < -0.3 is 5.32 Å². The van der Waals surface area contributed by atoms with Gasteiger partial charge in [-0.2, -0.15) is 0 Å². The highest BCUT2D eigenvalue weighted by atomic mass is 15.2. The Balaban J connectivity index is 1.90. The number of hydrogen-bond acceptors (Lipinski definition) is 2. The largest absolute Gasteiger partial charge is 0.311 e. The number of allylic oxidation sites excluding steroid dienone is 1. The van der Waals surface area contributed by atoms with Gasteiger partial charge in [0.05, 0.1) is 0 Å². The molecule has 0 aromatic heterocycles. The van der Waals surface area contributed by atoms with Crippen molar-refractivity contribution in [3.8, 4) is 0 Å². The van der Waals surface area contributed by atoms with Gasteiger partial charge >= 0.3 is 0 Å². The Labute approximate surface area is 93.7 Å². The van der Waals surface area contributed by atoms with Gasteiger partial charge in [-0.15, -0.1) is 0 Å². The summed E-state index contributed by atoms with van der Waals surface area (Å²) in [5.41, 5.74) is 0. The summed E-state index contributed by atoms with van der Waals surface area (Å²) in [5, 5.41) is 3.71. The first-order valence-electron chi connectivity index (χ1n) is 6.44. The molecule has 2 rings (SSSR count). The summed E-state index contributed by atoms with van der Waals surface area (Å²) in [6.45, 7) is 6.72. The van der Waals surface area contributed by atoms with E-state index in [-0.39, 0.29) is 0 Å². The van der Waals surface area contributed by atoms with Crippen LogP contribution in [0.3, 0.4) is 0 Å². The second-order valence-corrected chi connectivity index (χ2v) is 4.92. The Morgan fingerprint density at radius 3 is 2.47 bits per heavy atom. The SMILES string of the molecule is CC=CCN(CC)C1CC2CCC(C1)N2. The van der Waals surface area contributed by atoms with E-state index in [1.54, 1.807) is 0 Å². The second kappa shape index (κ2) is 5.13. The molecule has 0 amide bonds. The molecule has 0 saturated carbocycles. The summed E-state index contributed by atoms with van der Waals surface area (Å²) in [4.78, 5) is 2.63. The average Bonchev–Trinajstić information content (AvgIpc) is 2.59. The molecule has 2 bridgehead atoms. The molecule has 2 fully saturated rings. The third-order valence-corrected chi connectivity index (χ3v) is 3.95. The maximum Gasteiger partial charge on any atom is 0.0165 e. The molecule has 2 aliphatic heterocycles. The first-order chi connectivity index (χ1) is 7.33. The Morgan fingerprint density at radius 1 is 1.27 bits per heavy atom. The second-order valence-electron chi connectivity index (χ2n) is 4.92. The first kappa shape index (κ1) is 11.2. The van der Waals surface area contributed by atoms with Gasteiger partial charge in [-0.05, 0) is 39.2 Å². The van der Waals surface area contributed by atoms with E-state index in [1.165, 1.54) is 32.2 Å². The van der Waals surface area contributed by atoms with Gasteiger partial charge in [0.25, 0.3) is 0 Å². The van der Waals surface area contributed by atoms with Crippen molar-refractivity contribution in [2.24, 2.45) is 0 Å². The minimum Gasteiger partial charge on any atom is -0.311 e. The Kier molecular flexibility index (Phi) is 3.81. The molecule has 2 heterocycles. The summed E-state index contributed by atoms with van der Waals surface area (Å²) in [5.74, 6) is 0. The first-order valence-corrected chi connectivity index (χ1v) is 6.44. The van der Waals surface area contributed by atoms with Crippen LogP contribution in [0.2, 0.25) is 0 Å². The molecular weight excluding hydrogens is 184 g/mol. The highest BCUT2D eigenvalue weighted by Gasteiger charge is 2.35. The average molecular weight is 208 g/mol. The van der Waals surface area contributed by atoms with Crippen LogP contribution < -0.4 is 5.32 Å². The molecule has 2 saturated heterocycles. The lowest BCUT2D eigenvalue weighted by Gasteiger charge is -2.36. The van der Waals surface area contributed by atoms with Crippen molar-refractivity contribution in [1.29, 1.82) is 0 Å². The molecule has 2 atom stereocenters. The van der Waals surface area contributed by atoms with Crippen molar-refractivity contribution in [2.75, 3.05) is 13.1 Å². The lowest BCUT2D eigenvalue weighted by Crippen LogP contribution is -2.48. The lowest BCUT2D eigenvalue weighted by atomic mass is 9.98. The third kappa shape index (κ3) is 2.61. The number of hydrogen-bond donors (Lipinski definition) is 1. The summed E-state index contributed by atoms with van der Waals surface area (Å²) in [6.07, 6.45) is 9.99. The van der Waals surface area contributed by atoms with Crippen LogP contribution in [0.25, 0.3) is 0 Å². The molecule has 86 valence electrons. The van der Waals surface area contributed by atoms with Crippen molar-refractivity contribution in [1.82, 2.24) is 10.2 Å². The predicted octanol–water partition coefficient (Wildman–Crippen LogP) is 2.17. The summed E-state index contributed by atoms with van der Waals surface area (Å²) < 4.78 is 0. The minimum absolute atomic E-state index is 0.813. The number of likely N-dealkylation sites (N-methyl/N-ethyl adjacent to an activating group) is 1.